The van der Waals surface area contributed by atoms with Crippen LogP contribution >= 0.6 is 11.3 Å². The second-order valence-corrected chi connectivity index (χ2v) is 6.50. The van der Waals surface area contributed by atoms with Gasteiger partial charge in [-0.2, -0.15) is 0 Å². The number of thiophene rings is 1. The van der Waals surface area contributed by atoms with Gasteiger partial charge in [-0.3, -0.25) is 4.98 Å². The number of aromatic nitrogens is 3. The van der Waals surface area contributed by atoms with Crippen LogP contribution in [-0.2, 0) is 6.54 Å². The molecule has 3 aromatic rings. The van der Waals surface area contributed by atoms with E-state index in [9.17, 15) is 0 Å². The number of hydrogen-bond donors (Lipinski definition) is 1. The molecule has 6 heteroatoms. The SMILES string of the molecule is c1cc(C[NH+]2CCN(c3ncnc4sccc34)CC2)ccn1. The van der Waals surface area contributed by atoms with Crippen molar-refractivity contribution in [3.8, 4) is 0 Å². The molecule has 0 spiro atoms. The Labute approximate surface area is 133 Å². The van der Waals surface area contributed by atoms with Gasteiger partial charge in [0.05, 0.1) is 31.6 Å². The zero-order valence-corrected chi connectivity index (χ0v) is 13.1. The van der Waals surface area contributed by atoms with Crippen LogP contribution in [0, 0.1) is 0 Å². The molecular weight excluding hydrogens is 294 g/mol. The minimum absolute atomic E-state index is 1.04. The lowest BCUT2D eigenvalue weighted by Crippen LogP contribution is -3.13. The number of quaternary nitrogens is 1. The molecule has 0 aromatic carbocycles. The maximum absolute atomic E-state index is 4.52. The van der Waals surface area contributed by atoms with Crippen LogP contribution in [0.5, 0.6) is 0 Å². The van der Waals surface area contributed by atoms with Crippen LogP contribution < -0.4 is 9.80 Å². The lowest BCUT2D eigenvalue weighted by atomic mass is 10.2. The minimum atomic E-state index is 1.04. The highest BCUT2D eigenvalue weighted by molar-refractivity contribution is 7.16. The van der Waals surface area contributed by atoms with Gasteiger partial charge in [0.25, 0.3) is 0 Å². The van der Waals surface area contributed by atoms with Crippen LogP contribution in [-0.4, -0.2) is 41.1 Å². The number of nitrogens with one attached hydrogen (secondary N) is 1. The molecule has 1 aliphatic rings. The van der Waals surface area contributed by atoms with E-state index in [4.69, 9.17) is 0 Å². The molecule has 1 N–H and O–H groups in total. The first kappa shape index (κ1) is 13.6. The van der Waals surface area contributed by atoms with Crippen LogP contribution in [0.4, 0.5) is 5.82 Å². The normalized spacial score (nSPS) is 16.3. The Morgan fingerprint density at radius 2 is 1.91 bits per heavy atom. The van der Waals surface area contributed by atoms with Gasteiger partial charge in [-0.1, -0.05) is 0 Å². The highest BCUT2D eigenvalue weighted by Gasteiger charge is 2.22. The van der Waals surface area contributed by atoms with Gasteiger partial charge in [-0.05, 0) is 23.6 Å². The number of piperazine rings is 1. The Hall–Kier alpha value is -2.05. The quantitative estimate of drug-likeness (QED) is 0.783. The predicted octanol–water partition coefficient (Wildman–Crippen LogP) is 0.991. The number of rotatable bonds is 3. The van der Waals surface area contributed by atoms with Crippen molar-refractivity contribution in [1.29, 1.82) is 0 Å². The Bertz CT molecular complexity index is 749. The molecular formula is C16H18N5S+. The van der Waals surface area contributed by atoms with Crippen molar-refractivity contribution in [1.82, 2.24) is 15.0 Å². The van der Waals surface area contributed by atoms with Gasteiger partial charge in [-0.15, -0.1) is 11.3 Å². The summed E-state index contributed by atoms with van der Waals surface area (Å²) in [5.74, 6) is 1.09. The van der Waals surface area contributed by atoms with Gasteiger partial charge in [0.2, 0.25) is 0 Å². The Morgan fingerprint density at radius 3 is 2.73 bits per heavy atom. The van der Waals surface area contributed by atoms with E-state index in [1.165, 1.54) is 10.9 Å². The van der Waals surface area contributed by atoms with Gasteiger partial charge >= 0.3 is 0 Å². The molecule has 22 heavy (non-hydrogen) atoms. The molecule has 1 saturated heterocycles. The molecule has 112 valence electrons. The van der Waals surface area contributed by atoms with Crippen molar-refractivity contribution in [2.45, 2.75) is 6.54 Å². The van der Waals surface area contributed by atoms with E-state index in [2.05, 4.69) is 43.4 Å². The summed E-state index contributed by atoms with van der Waals surface area (Å²) in [5, 5.41) is 3.28. The topological polar surface area (TPSA) is 46.4 Å². The van der Waals surface area contributed by atoms with Crippen molar-refractivity contribution < 1.29 is 4.90 Å². The maximum Gasteiger partial charge on any atom is 0.141 e. The first-order valence-electron chi connectivity index (χ1n) is 7.56. The summed E-state index contributed by atoms with van der Waals surface area (Å²) < 4.78 is 0. The lowest BCUT2D eigenvalue weighted by molar-refractivity contribution is -0.914. The molecule has 0 saturated carbocycles. The summed E-state index contributed by atoms with van der Waals surface area (Å²) in [6.07, 6.45) is 5.43. The van der Waals surface area contributed by atoms with Gasteiger partial charge in [0, 0.05) is 18.0 Å². The third-order valence-corrected chi connectivity index (χ3v) is 5.04. The highest BCUT2D eigenvalue weighted by atomic mass is 32.1. The van der Waals surface area contributed by atoms with E-state index in [0.717, 1.165) is 43.4 Å². The van der Waals surface area contributed by atoms with Gasteiger partial charge < -0.3 is 9.80 Å². The first-order valence-corrected chi connectivity index (χ1v) is 8.44. The molecule has 1 aliphatic heterocycles. The van der Waals surface area contributed by atoms with Crippen molar-refractivity contribution in [3.05, 3.63) is 47.9 Å². The summed E-state index contributed by atoms with van der Waals surface area (Å²) in [6.45, 7) is 5.44. The second-order valence-electron chi connectivity index (χ2n) is 5.61. The second kappa shape index (κ2) is 5.98. The third-order valence-electron chi connectivity index (χ3n) is 4.21. The van der Waals surface area contributed by atoms with Crippen molar-refractivity contribution in [2.24, 2.45) is 0 Å². The monoisotopic (exact) mass is 312 g/mol. The predicted molar refractivity (Wildman–Crippen MR) is 88.3 cm³/mol. The molecule has 0 amide bonds. The fourth-order valence-electron chi connectivity index (χ4n) is 3.03. The van der Waals surface area contributed by atoms with Crippen LogP contribution in [0.15, 0.2) is 42.3 Å². The summed E-state index contributed by atoms with van der Waals surface area (Å²) in [6, 6.07) is 6.35. The van der Waals surface area contributed by atoms with Gasteiger partial charge in [0.15, 0.2) is 0 Å². The van der Waals surface area contributed by atoms with Crippen molar-refractivity contribution in [2.75, 3.05) is 31.1 Å². The van der Waals surface area contributed by atoms with Crippen molar-refractivity contribution in [3.63, 3.8) is 0 Å². The molecule has 0 radical (unpaired) electrons. The fourth-order valence-corrected chi connectivity index (χ4v) is 3.76. The molecule has 4 rings (SSSR count). The molecule has 0 bridgehead atoms. The van der Waals surface area contributed by atoms with Crippen LogP contribution in [0.1, 0.15) is 5.56 Å². The Morgan fingerprint density at radius 1 is 1.09 bits per heavy atom. The molecule has 1 fully saturated rings. The highest BCUT2D eigenvalue weighted by Crippen LogP contribution is 2.26. The summed E-state index contributed by atoms with van der Waals surface area (Å²) >= 11 is 1.68. The standard InChI is InChI=1S/C16H17N5S/c1-4-17-5-2-13(1)11-20-6-8-21(9-7-20)15-14-3-10-22-16(14)19-12-18-15/h1-5,10,12H,6-9,11H2/p+1. The van der Waals surface area contributed by atoms with E-state index in [1.54, 1.807) is 22.6 Å². The average Bonchev–Trinajstić information content (AvgIpc) is 3.05. The number of pyridine rings is 1. The Kier molecular flexibility index (Phi) is 3.70. The summed E-state index contributed by atoms with van der Waals surface area (Å²) in [5.41, 5.74) is 1.36. The number of anilines is 1. The maximum atomic E-state index is 4.52. The zero-order chi connectivity index (χ0) is 14.8. The number of fused-ring (bicyclic) bond motifs is 1. The Balaban J connectivity index is 1.45. The largest absolute Gasteiger partial charge is 0.345 e. The van der Waals surface area contributed by atoms with E-state index < -0.39 is 0 Å². The van der Waals surface area contributed by atoms with E-state index in [0.29, 0.717) is 0 Å². The van der Waals surface area contributed by atoms with Crippen molar-refractivity contribution >= 4 is 27.4 Å². The average molecular weight is 312 g/mol. The molecule has 5 nitrogen and oxygen atoms in total. The van der Waals surface area contributed by atoms with E-state index in [-0.39, 0.29) is 0 Å². The summed E-state index contributed by atoms with van der Waals surface area (Å²) in [7, 11) is 0. The molecule has 0 aliphatic carbocycles. The molecule has 3 aromatic heterocycles. The van der Waals surface area contributed by atoms with Gasteiger partial charge in [0.1, 0.15) is 23.5 Å². The molecule has 4 heterocycles. The van der Waals surface area contributed by atoms with Crippen LogP contribution in [0.3, 0.4) is 0 Å². The fraction of sp³-hybridized carbons (Fsp3) is 0.312. The molecule has 0 unspecified atom stereocenters. The van der Waals surface area contributed by atoms with Crippen LogP contribution in [0.25, 0.3) is 10.2 Å². The van der Waals surface area contributed by atoms with E-state index >= 15 is 0 Å². The minimum Gasteiger partial charge on any atom is -0.345 e. The smallest absolute Gasteiger partial charge is 0.141 e. The van der Waals surface area contributed by atoms with Crippen LogP contribution in [0.2, 0.25) is 0 Å². The number of hydrogen-bond acceptors (Lipinski definition) is 5. The summed E-state index contributed by atoms with van der Waals surface area (Å²) in [4.78, 5) is 18.0. The number of nitrogens with zero attached hydrogens (tertiary/aromatic N) is 4. The third kappa shape index (κ3) is 2.67. The lowest BCUT2D eigenvalue weighted by Gasteiger charge is -2.33. The van der Waals surface area contributed by atoms with E-state index in [1.807, 2.05) is 12.4 Å². The molecule has 0 atom stereocenters. The zero-order valence-electron chi connectivity index (χ0n) is 12.3. The first-order chi connectivity index (χ1) is 10.9. The van der Waals surface area contributed by atoms with Gasteiger partial charge in [-0.25, -0.2) is 9.97 Å².